The predicted octanol–water partition coefficient (Wildman–Crippen LogP) is 3.31. The molecule has 0 bridgehead atoms. The van der Waals surface area contributed by atoms with Crippen LogP contribution in [0.2, 0.25) is 0 Å². The van der Waals surface area contributed by atoms with Gasteiger partial charge in [-0.3, -0.25) is 4.98 Å². The summed E-state index contributed by atoms with van der Waals surface area (Å²) >= 11 is 3.36. The highest BCUT2D eigenvalue weighted by atomic mass is 79.9. The highest BCUT2D eigenvalue weighted by Crippen LogP contribution is 2.15. The third-order valence-corrected chi connectivity index (χ3v) is 3.13. The molecule has 2 N–H and O–H groups in total. The summed E-state index contributed by atoms with van der Waals surface area (Å²) in [6.07, 6.45) is 2.65. The number of aromatic nitrogens is 1. The molecule has 1 unspecified atom stereocenters. The second kappa shape index (κ2) is 6.68. The van der Waals surface area contributed by atoms with E-state index in [0.29, 0.717) is 6.61 Å². The Labute approximate surface area is 121 Å². The third kappa shape index (κ3) is 4.65. The Hall–Kier alpha value is -1.39. The number of nitrogens with two attached hydrogens (primary N) is 1. The molecule has 2 aromatic rings. The maximum Gasteiger partial charge on any atom is 0.130 e. The second-order valence-corrected chi connectivity index (χ2v) is 5.50. The van der Waals surface area contributed by atoms with Crippen LogP contribution < -0.4 is 10.5 Å². The van der Waals surface area contributed by atoms with Crippen LogP contribution in [0.4, 0.5) is 0 Å². The normalized spacial score (nSPS) is 12.2. The molecule has 4 heteroatoms. The van der Waals surface area contributed by atoms with Crippen LogP contribution in [0.5, 0.6) is 5.75 Å². The van der Waals surface area contributed by atoms with Gasteiger partial charge in [0.2, 0.25) is 0 Å². The van der Waals surface area contributed by atoms with Crippen LogP contribution >= 0.6 is 15.9 Å². The van der Waals surface area contributed by atoms with Gasteiger partial charge in [-0.2, -0.15) is 0 Å². The maximum absolute atomic E-state index is 5.77. The summed E-state index contributed by atoms with van der Waals surface area (Å²) in [6, 6.07) is 12.1. The summed E-state index contributed by atoms with van der Waals surface area (Å²) in [5.41, 5.74) is 7.90. The van der Waals surface area contributed by atoms with Crippen LogP contribution in [-0.4, -0.2) is 11.0 Å². The zero-order valence-corrected chi connectivity index (χ0v) is 12.4. The average Bonchev–Trinajstić information content (AvgIpc) is 2.39. The fraction of sp³-hybridized carbons (Fsp3) is 0.267. The molecule has 19 heavy (non-hydrogen) atoms. The predicted molar refractivity (Wildman–Crippen MR) is 80.1 cm³/mol. The summed E-state index contributed by atoms with van der Waals surface area (Å²) in [5.74, 6) is 0.846. The van der Waals surface area contributed by atoms with Crippen LogP contribution in [0, 0.1) is 0 Å². The van der Waals surface area contributed by atoms with Crippen molar-refractivity contribution in [3.63, 3.8) is 0 Å². The molecule has 2 rings (SSSR count). The number of hydrogen-bond donors (Lipinski definition) is 1. The van der Waals surface area contributed by atoms with Crippen LogP contribution in [-0.2, 0) is 13.0 Å². The number of rotatable bonds is 5. The van der Waals surface area contributed by atoms with Gasteiger partial charge < -0.3 is 10.5 Å². The van der Waals surface area contributed by atoms with Gasteiger partial charge in [-0.25, -0.2) is 0 Å². The van der Waals surface area contributed by atoms with E-state index < -0.39 is 0 Å². The molecule has 0 aliphatic rings. The lowest BCUT2D eigenvalue weighted by atomic mass is 10.1. The molecule has 0 radical (unpaired) electrons. The van der Waals surface area contributed by atoms with E-state index in [4.69, 9.17) is 10.5 Å². The van der Waals surface area contributed by atoms with Gasteiger partial charge in [0.15, 0.2) is 0 Å². The summed E-state index contributed by atoms with van der Waals surface area (Å²) < 4.78 is 6.65. The van der Waals surface area contributed by atoms with E-state index in [9.17, 15) is 0 Å². The highest BCUT2D eigenvalue weighted by Gasteiger charge is 2.00. The van der Waals surface area contributed by atoms with Crippen molar-refractivity contribution in [3.05, 3.63) is 58.3 Å². The van der Waals surface area contributed by atoms with Gasteiger partial charge in [-0.1, -0.05) is 12.1 Å². The molecule has 1 aromatic heterocycles. The van der Waals surface area contributed by atoms with Crippen molar-refractivity contribution in [3.8, 4) is 5.75 Å². The molecule has 0 amide bonds. The Kier molecular flexibility index (Phi) is 4.93. The minimum atomic E-state index is 0.179. The van der Waals surface area contributed by atoms with Gasteiger partial charge in [0.25, 0.3) is 0 Å². The van der Waals surface area contributed by atoms with Crippen LogP contribution in [0.25, 0.3) is 0 Å². The summed E-state index contributed by atoms with van der Waals surface area (Å²) in [4.78, 5) is 4.26. The van der Waals surface area contributed by atoms with Gasteiger partial charge in [0, 0.05) is 16.7 Å². The molecule has 0 saturated carbocycles. The van der Waals surface area contributed by atoms with Crippen molar-refractivity contribution in [2.75, 3.05) is 0 Å². The molecular weight excluding hydrogens is 304 g/mol. The average molecular weight is 321 g/mol. The lowest BCUT2D eigenvalue weighted by Gasteiger charge is -2.08. The van der Waals surface area contributed by atoms with Crippen LogP contribution in [0.3, 0.4) is 0 Å². The third-order valence-electron chi connectivity index (χ3n) is 2.66. The number of halogens is 1. The topological polar surface area (TPSA) is 48.1 Å². The van der Waals surface area contributed by atoms with Crippen LogP contribution in [0.15, 0.2) is 47.1 Å². The molecular formula is C15H17BrN2O. The molecule has 1 aromatic carbocycles. The minimum absolute atomic E-state index is 0.179. The number of nitrogens with zero attached hydrogens (tertiary/aromatic N) is 1. The molecule has 1 heterocycles. The van der Waals surface area contributed by atoms with E-state index in [1.165, 1.54) is 5.56 Å². The SMILES string of the molecule is CC(N)Cc1ccc(OCc2ccc(Br)cn2)cc1. The fourth-order valence-corrected chi connectivity index (χ4v) is 1.98. The summed E-state index contributed by atoms with van der Waals surface area (Å²) in [5, 5.41) is 0. The largest absolute Gasteiger partial charge is 0.487 e. The quantitative estimate of drug-likeness (QED) is 0.919. The Morgan fingerprint density at radius 1 is 1.21 bits per heavy atom. The van der Waals surface area contributed by atoms with E-state index in [2.05, 4.69) is 20.9 Å². The monoisotopic (exact) mass is 320 g/mol. The minimum Gasteiger partial charge on any atom is -0.487 e. The van der Waals surface area contributed by atoms with Crippen molar-refractivity contribution in [2.24, 2.45) is 5.73 Å². The molecule has 1 atom stereocenters. The Morgan fingerprint density at radius 3 is 2.53 bits per heavy atom. The van der Waals surface area contributed by atoms with E-state index >= 15 is 0 Å². The zero-order chi connectivity index (χ0) is 13.7. The van der Waals surface area contributed by atoms with Crippen LogP contribution in [0.1, 0.15) is 18.2 Å². The van der Waals surface area contributed by atoms with Crippen molar-refractivity contribution in [1.29, 1.82) is 0 Å². The van der Waals surface area contributed by atoms with E-state index in [-0.39, 0.29) is 6.04 Å². The molecule has 0 spiro atoms. The molecule has 0 aliphatic carbocycles. The molecule has 0 saturated heterocycles. The van der Waals surface area contributed by atoms with E-state index in [1.807, 2.05) is 43.3 Å². The number of hydrogen-bond acceptors (Lipinski definition) is 3. The Balaban J connectivity index is 1.91. The number of pyridine rings is 1. The number of ether oxygens (including phenoxy) is 1. The lowest BCUT2D eigenvalue weighted by Crippen LogP contribution is -2.17. The maximum atomic E-state index is 5.77. The molecule has 3 nitrogen and oxygen atoms in total. The zero-order valence-electron chi connectivity index (χ0n) is 10.8. The van der Waals surface area contributed by atoms with Gasteiger partial charge in [-0.15, -0.1) is 0 Å². The van der Waals surface area contributed by atoms with E-state index in [0.717, 1.165) is 22.3 Å². The first-order valence-corrected chi connectivity index (χ1v) is 7.00. The van der Waals surface area contributed by atoms with Crippen molar-refractivity contribution < 1.29 is 4.74 Å². The molecule has 0 fully saturated rings. The van der Waals surface area contributed by atoms with Crippen molar-refractivity contribution in [2.45, 2.75) is 26.0 Å². The lowest BCUT2D eigenvalue weighted by molar-refractivity contribution is 0.301. The first kappa shape index (κ1) is 14.0. The molecule has 0 aliphatic heterocycles. The Bertz CT molecular complexity index is 509. The van der Waals surface area contributed by atoms with Gasteiger partial charge in [0.05, 0.1) is 5.69 Å². The van der Waals surface area contributed by atoms with E-state index in [1.54, 1.807) is 6.20 Å². The highest BCUT2D eigenvalue weighted by molar-refractivity contribution is 9.10. The van der Waals surface area contributed by atoms with Crippen molar-refractivity contribution >= 4 is 15.9 Å². The first-order chi connectivity index (χ1) is 9.13. The number of benzene rings is 1. The van der Waals surface area contributed by atoms with Crippen molar-refractivity contribution in [1.82, 2.24) is 4.98 Å². The summed E-state index contributed by atoms with van der Waals surface area (Å²) in [6.45, 7) is 2.48. The Morgan fingerprint density at radius 2 is 1.95 bits per heavy atom. The van der Waals surface area contributed by atoms with Gasteiger partial charge >= 0.3 is 0 Å². The fourth-order valence-electron chi connectivity index (χ4n) is 1.74. The molecule has 100 valence electrons. The summed E-state index contributed by atoms with van der Waals surface area (Å²) in [7, 11) is 0. The van der Waals surface area contributed by atoms with Gasteiger partial charge in [0.1, 0.15) is 12.4 Å². The second-order valence-electron chi connectivity index (χ2n) is 4.58. The standard InChI is InChI=1S/C15H17BrN2O/c1-11(17)8-12-2-6-15(7-3-12)19-10-14-5-4-13(16)9-18-14/h2-7,9,11H,8,10,17H2,1H3. The van der Waals surface area contributed by atoms with Gasteiger partial charge in [-0.05, 0) is 59.1 Å². The smallest absolute Gasteiger partial charge is 0.130 e. The first-order valence-electron chi connectivity index (χ1n) is 6.21.